The van der Waals surface area contributed by atoms with Crippen LogP contribution in [0.3, 0.4) is 0 Å². The lowest BCUT2D eigenvalue weighted by molar-refractivity contribution is 0.0696. The maximum atomic E-state index is 11.0. The summed E-state index contributed by atoms with van der Waals surface area (Å²) >= 11 is 9.59. The number of aryl methyl sites for hydroxylation is 2. The lowest BCUT2D eigenvalue weighted by Crippen LogP contribution is -2.00. The fourth-order valence-corrected chi connectivity index (χ4v) is 2.60. The van der Waals surface area contributed by atoms with Crippen LogP contribution in [0.2, 0.25) is 5.02 Å². The Morgan fingerprint density at radius 1 is 1.20 bits per heavy atom. The zero-order valence-corrected chi connectivity index (χ0v) is 13.3. The summed E-state index contributed by atoms with van der Waals surface area (Å²) in [5.41, 5.74) is 3.64. The molecule has 2 rings (SSSR count). The van der Waals surface area contributed by atoms with E-state index in [0.717, 1.165) is 21.4 Å². The van der Waals surface area contributed by atoms with Gasteiger partial charge in [0.05, 0.1) is 11.3 Å². The van der Waals surface area contributed by atoms with Gasteiger partial charge in [-0.05, 0) is 71.2 Å². The molecule has 0 saturated heterocycles. The predicted molar refractivity (Wildman–Crippen MR) is 85.3 cm³/mol. The molecule has 0 atom stereocenters. The number of carboxylic acids is 1. The Hall–Kier alpha value is -1.52. The number of hydrogen-bond acceptors (Lipinski definition) is 2. The standard InChI is InChI=1S/C15H13BrClNO2/c1-8-5-10(3-4-11(8)15(19)20)18-14-7-13(17)9(2)6-12(14)16/h3-7,18H,1-2H3,(H,19,20). The van der Waals surface area contributed by atoms with Gasteiger partial charge in [-0.1, -0.05) is 11.6 Å². The Morgan fingerprint density at radius 2 is 1.90 bits per heavy atom. The van der Waals surface area contributed by atoms with E-state index < -0.39 is 5.97 Å². The minimum atomic E-state index is -0.923. The maximum absolute atomic E-state index is 11.0. The largest absolute Gasteiger partial charge is 0.478 e. The normalized spacial score (nSPS) is 10.4. The molecular formula is C15H13BrClNO2. The molecule has 5 heteroatoms. The Labute approximate surface area is 130 Å². The van der Waals surface area contributed by atoms with E-state index in [0.29, 0.717) is 16.1 Å². The average Bonchev–Trinajstić information content (AvgIpc) is 2.35. The Balaban J connectivity index is 2.33. The summed E-state index contributed by atoms with van der Waals surface area (Å²) in [6.07, 6.45) is 0. The summed E-state index contributed by atoms with van der Waals surface area (Å²) in [4.78, 5) is 11.0. The van der Waals surface area contributed by atoms with Crippen molar-refractivity contribution < 1.29 is 9.90 Å². The van der Waals surface area contributed by atoms with Gasteiger partial charge in [-0.3, -0.25) is 0 Å². The first-order valence-electron chi connectivity index (χ1n) is 5.95. The van der Waals surface area contributed by atoms with Gasteiger partial charge in [0.25, 0.3) is 0 Å². The predicted octanol–water partition coefficient (Wildman–Crippen LogP) is 5.16. The van der Waals surface area contributed by atoms with Crippen molar-refractivity contribution in [3.63, 3.8) is 0 Å². The van der Waals surface area contributed by atoms with Gasteiger partial charge in [-0.25, -0.2) is 4.79 Å². The second-order valence-electron chi connectivity index (χ2n) is 4.54. The number of rotatable bonds is 3. The highest BCUT2D eigenvalue weighted by Gasteiger charge is 2.09. The number of hydrogen-bond donors (Lipinski definition) is 2. The summed E-state index contributed by atoms with van der Waals surface area (Å²) in [6.45, 7) is 3.70. The van der Waals surface area contributed by atoms with Crippen LogP contribution in [0.1, 0.15) is 21.5 Å². The van der Waals surface area contributed by atoms with Crippen molar-refractivity contribution in [3.05, 3.63) is 56.5 Å². The van der Waals surface area contributed by atoms with Gasteiger partial charge in [0.15, 0.2) is 0 Å². The SMILES string of the molecule is Cc1cc(Br)c(Nc2ccc(C(=O)O)c(C)c2)cc1Cl. The van der Waals surface area contributed by atoms with Crippen LogP contribution in [0, 0.1) is 13.8 Å². The number of carboxylic acid groups (broad SMARTS) is 1. The molecule has 3 nitrogen and oxygen atoms in total. The lowest BCUT2D eigenvalue weighted by Gasteiger charge is -2.12. The van der Waals surface area contributed by atoms with E-state index >= 15 is 0 Å². The second kappa shape index (κ2) is 5.85. The number of nitrogens with one attached hydrogen (secondary N) is 1. The smallest absolute Gasteiger partial charge is 0.335 e. The molecule has 20 heavy (non-hydrogen) atoms. The van der Waals surface area contributed by atoms with Gasteiger partial charge in [0.1, 0.15) is 0 Å². The number of benzene rings is 2. The summed E-state index contributed by atoms with van der Waals surface area (Å²) < 4.78 is 0.902. The van der Waals surface area contributed by atoms with Crippen molar-refractivity contribution in [1.29, 1.82) is 0 Å². The van der Waals surface area contributed by atoms with Gasteiger partial charge in [0, 0.05) is 15.2 Å². The topological polar surface area (TPSA) is 49.3 Å². The zero-order valence-electron chi connectivity index (χ0n) is 11.0. The van der Waals surface area contributed by atoms with Gasteiger partial charge in [-0.15, -0.1) is 0 Å². The van der Waals surface area contributed by atoms with Crippen molar-refractivity contribution >= 4 is 44.9 Å². The number of halogens is 2. The molecule has 0 heterocycles. The first kappa shape index (κ1) is 14.9. The minimum Gasteiger partial charge on any atom is -0.478 e. The van der Waals surface area contributed by atoms with Crippen LogP contribution in [-0.2, 0) is 0 Å². The quantitative estimate of drug-likeness (QED) is 0.800. The maximum Gasteiger partial charge on any atom is 0.335 e. The molecule has 2 N–H and O–H groups in total. The Kier molecular flexibility index (Phi) is 4.35. The molecule has 2 aromatic rings. The molecule has 0 aromatic heterocycles. The van der Waals surface area contributed by atoms with Crippen LogP contribution in [-0.4, -0.2) is 11.1 Å². The van der Waals surface area contributed by atoms with Crippen molar-refractivity contribution in [2.75, 3.05) is 5.32 Å². The van der Waals surface area contributed by atoms with Crippen LogP contribution in [0.25, 0.3) is 0 Å². The fourth-order valence-electron chi connectivity index (χ4n) is 1.88. The van der Waals surface area contributed by atoms with Gasteiger partial charge < -0.3 is 10.4 Å². The number of carbonyl (C=O) groups is 1. The summed E-state index contributed by atoms with van der Waals surface area (Å²) in [5.74, 6) is -0.923. The van der Waals surface area contributed by atoms with Gasteiger partial charge >= 0.3 is 5.97 Å². The van der Waals surface area contributed by atoms with Gasteiger partial charge in [0.2, 0.25) is 0 Å². The van der Waals surface area contributed by atoms with Crippen molar-refractivity contribution in [3.8, 4) is 0 Å². The van der Waals surface area contributed by atoms with Crippen molar-refractivity contribution in [2.24, 2.45) is 0 Å². The molecule has 0 aliphatic rings. The first-order chi connectivity index (χ1) is 9.38. The Bertz CT molecular complexity index is 686. The van der Waals surface area contributed by atoms with Crippen LogP contribution in [0.5, 0.6) is 0 Å². The third kappa shape index (κ3) is 3.14. The Morgan fingerprint density at radius 3 is 2.50 bits per heavy atom. The van der Waals surface area contributed by atoms with Crippen LogP contribution < -0.4 is 5.32 Å². The van der Waals surface area contributed by atoms with E-state index in [9.17, 15) is 4.79 Å². The van der Waals surface area contributed by atoms with Gasteiger partial charge in [-0.2, -0.15) is 0 Å². The fraction of sp³-hybridized carbons (Fsp3) is 0.133. The summed E-state index contributed by atoms with van der Waals surface area (Å²) in [5, 5.41) is 12.9. The van der Waals surface area contributed by atoms with Crippen molar-refractivity contribution in [1.82, 2.24) is 0 Å². The summed E-state index contributed by atoms with van der Waals surface area (Å²) in [7, 11) is 0. The van der Waals surface area contributed by atoms with E-state index in [4.69, 9.17) is 16.7 Å². The monoisotopic (exact) mass is 353 g/mol. The molecule has 104 valence electrons. The van der Waals surface area contributed by atoms with Crippen molar-refractivity contribution in [2.45, 2.75) is 13.8 Å². The minimum absolute atomic E-state index is 0.302. The second-order valence-corrected chi connectivity index (χ2v) is 5.80. The number of anilines is 2. The molecule has 2 aromatic carbocycles. The number of aromatic carboxylic acids is 1. The van der Waals surface area contributed by atoms with E-state index in [1.807, 2.05) is 19.1 Å². The van der Waals surface area contributed by atoms with E-state index in [1.54, 1.807) is 25.1 Å². The highest BCUT2D eigenvalue weighted by molar-refractivity contribution is 9.10. The lowest BCUT2D eigenvalue weighted by atomic mass is 10.1. The van der Waals surface area contributed by atoms with E-state index in [-0.39, 0.29) is 0 Å². The molecule has 0 spiro atoms. The molecule has 0 bridgehead atoms. The average molecular weight is 355 g/mol. The summed E-state index contributed by atoms with van der Waals surface area (Å²) in [6, 6.07) is 8.88. The third-order valence-corrected chi connectivity index (χ3v) is 4.05. The van der Waals surface area contributed by atoms with Crippen LogP contribution in [0.4, 0.5) is 11.4 Å². The molecule has 0 radical (unpaired) electrons. The first-order valence-corrected chi connectivity index (χ1v) is 7.12. The van der Waals surface area contributed by atoms with E-state index in [1.165, 1.54) is 0 Å². The van der Waals surface area contributed by atoms with Crippen LogP contribution >= 0.6 is 27.5 Å². The van der Waals surface area contributed by atoms with Crippen LogP contribution in [0.15, 0.2) is 34.8 Å². The zero-order chi connectivity index (χ0) is 14.9. The third-order valence-electron chi connectivity index (χ3n) is 2.98. The molecule has 0 amide bonds. The molecule has 0 unspecified atom stereocenters. The molecule has 0 aliphatic carbocycles. The molecule has 0 saturated carbocycles. The highest BCUT2D eigenvalue weighted by atomic mass is 79.9. The molecule has 0 fully saturated rings. The molecule has 0 aliphatic heterocycles. The highest BCUT2D eigenvalue weighted by Crippen LogP contribution is 2.31. The molecular weight excluding hydrogens is 342 g/mol. The van der Waals surface area contributed by atoms with E-state index in [2.05, 4.69) is 21.2 Å².